The number of benzene rings is 2. The molecule has 2 aromatic carbocycles. The van der Waals surface area contributed by atoms with Gasteiger partial charge in [0.1, 0.15) is 17.0 Å². The molecule has 3 rings (SSSR count). The first kappa shape index (κ1) is 32.8. The van der Waals surface area contributed by atoms with E-state index >= 15 is 0 Å². The van der Waals surface area contributed by atoms with E-state index in [0.29, 0.717) is 46.4 Å². The van der Waals surface area contributed by atoms with Gasteiger partial charge in [-0.15, -0.1) is 21.6 Å². The summed E-state index contributed by atoms with van der Waals surface area (Å²) in [6.45, 7) is 4.80. The summed E-state index contributed by atoms with van der Waals surface area (Å²) in [5.74, 6) is 0. The zero-order valence-corrected chi connectivity index (χ0v) is 24.8. The second-order valence-corrected chi connectivity index (χ2v) is 11.1. The first-order valence-corrected chi connectivity index (χ1v) is 15.0. The van der Waals surface area contributed by atoms with E-state index in [1.165, 1.54) is 0 Å². The van der Waals surface area contributed by atoms with Gasteiger partial charge in [-0.25, -0.2) is 4.18 Å². The molecule has 12 nitrogen and oxygen atoms in total. The first-order chi connectivity index (χ1) is 20.1. The maximum atomic E-state index is 10.9. The lowest BCUT2D eigenvalue weighted by molar-refractivity contribution is 0.0374. The first-order valence-electron chi connectivity index (χ1n) is 12.8. The lowest BCUT2D eigenvalue weighted by Crippen LogP contribution is -2.32. The molecule has 0 aliphatic rings. The molecule has 0 saturated carbocycles. The smallest absolute Gasteiger partial charge is 0.387 e. The van der Waals surface area contributed by atoms with Crippen LogP contribution in [-0.2, 0) is 24.1 Å². The lowest BCUT2D eigenvalue weighted by atomic mass is 10.1. The van der Waals surface area contributed by atoms with Gasteiger partial charge < -0.3 is 19.5 Å². The van der Waals surface area contributed by atoms with Crippen LogP contribution in [0.2, 0.25) is 0 Å². The Hall–Kier alpha value is -3.73. The minimum Gasteiger partial charge on any atom is -0.387 e. The number of rotatable bonds is 16. The van der Waals surface area contributed by atoms with Crippen molar-refractivity contribution in [2.75, 3.05) is 51.0 Å². The average Bonchev–Trinajstić information content (AvgIpc) is 3.28. The number of anilines is 1. The fourth-order valence-electron chi connectivity index (χ4n) is 3.86. The maximum absolute atomic E-state index is 10.9. The number of nitriles is 2. The second-order valence-electron chi connectivity index (χ2n) is 8.98. The molecule has 0 fully saturated rings. The van der Waals surface area contributed by atoms with Crippen LogP contribution in [0, 0.1) is 36.5 Å². The maximum Gasteiger partial charge on any atom is 0.397 e. The second kappa shape index (κ2) is 16.1. The molecule has 0 amide bonds. The molecule has 0 aliphatic heterocycles. The van der Waals surface area contributed by atoms with Gasteiger partial charge >= 0.3 is 10.4 Å². The van der Waals surface area contributed by atoms with E-state index in [4.69, 9.17) is 14.0 Å². The minimum atomic E-state index is -4.49. The van der Waals surface area contributed by atoms with Gasteiger partial charge in [0.2, 0.25) is 0 Å². The predicted octanol–water partition coefficient (Wildman–Crippen LogP) is 4.92. The Balaban J connectivity index is 1.66. The fraction of sp³-hybridized carbons (Fsp3) is 0.357. The van der Waals surface area contributed by atoms with Gasteiger partial charge in [-0.05, 0) is 48.7 Å². The summed E-state index contributed by atoms with van der Waals surface area (Å²) >= 11 is 1.12. The van der Waals surface area contributed by atoms with E-state index in [2.05, 4.69) is 26.6 Å². The third-order valence-electron chi connectivity index (χ3n) is 6.05. The summed E-state index contributed by atoms with van der Waals surface area (Å²) in [4.78, 5) is 2.42. The average molecular weight is 614 g/mol. The van der Waals surface area contributed by atoms with Gasteiger partial charge in [0, 0.05) is 18.8 Å². The molecule has 14 heteroatoms. The number of azo groups is 1. The van der Waals surface area contributed by atoms with Crippen LogP contribution in [-0.4, -0.2) is 64.2 Å². The van der Waals surface area contributed by atoms with Crippen LogP contribution in [0.1, 0.15) is 33.2 Å². The molecule has 2 N–H and O–H groups in total. The molecule has 42 heavy (non-hydrogen) atoms. The van der Waals surface area contributed by atoms with Crippen molar-refractivity contribution in [1.82, 2.24) is 0 Å². The molecule has 222 valence electrons. The molecule has 1 atom stereocenters. The molecular formula is C28H31N5O7S2. The molecule has 3 aromatic rings. The van der Waals surface area contributed by atoms with Gasteiger partial charge in [-0.3, -0.25) is 4.55 Å². The summed E-state index contributed by atoms with van der Waals surface area (Å²) in [6, 6.07) is 19.1. The minimum absolute atomic E-state index is 0.0229. The largest absolute Gasteiger partial charge is 0.397 e. The van der Waals surface area contributed by atoms with Crippen LogP contribution in [0.3, 0.4) is 0 Å². The molecule has 0 saturated heterocycles. The number of hydrogen-bond donors (Lipinski definition) is 2. The Morgan fingerprint density at radius 2 is 1.67 bits per heavy atom. The van der Waals surface area contributed by atoms with Gasteiger partial charge in [-0.1, -0.05) is 30.3 Å². The summed E-state index contributed by atoms with van der Waals surface area (Å²) in [6.07, 6.45) is -0.752. The Labute approximate surface area is 249 Å². The number of ether oxygens (including phenoxy) is 2. The van der Waals surface area contributed by atoms with Crippen molar-refractivity contribution in [2.45, 2.75) is 20.0 Å². The fourth-order valence-corrected chi connectivity index (χ4v) is 5.02. The van der Waals surface area contributed by atoms with Gasteiger partial charge in [0.25, 0.3) is 0 Å². The van der Waals surface area contributed by atoms with Gasteiger partial charge in [0.05, 0.1) is 50.4 Å². The highest BCUT2D eigenvalue weighted by Crippen LogP contribution is 2.36. The van der Waals surface area contributed by atoms with Crippen LogP contribution in [0.15, 0.2) is 58.8 Å². The van der Waals surface area contributed by atoms with Crippen LogP contribution >= 0.6 is 11.3 Å². The van der Waals surface area contributed by atoms with E-state index in [0.717, 1.165) is 28.2 Å². The van der Waals surface area contributed by atoms with Crippen LogP contribution in [0.4, 0.5) is 16.4 Å². The van der Waals surface area contributed by atoms with Crippen LogP contribution in [0.5, 0.6) is 0 Å². The van der Waals surface area contributed by atoms with Crippen molar-refractivity contribution in [3.63, 3.8) is 0 Å². The predicted molar refractivity (Wildman–Crippen MR) is 157 cm³/mol. The normalized spacial score (nSPS) is 12.2. The van der Waals surface area contributed by atoms with E-state index in [9.17, 15) is 24.0 Å². The summed E-state index contributed by atoms with van der Waals surface area (Å²) in [5, 5.41) is 38.6. The summed E-state index contributed by atoms with van der Waals surface area (Å²) < 4.78 is 44.7. The Morgan fingerprint density at radius 1 is 0.976 bits per heavy atom. The molecule has 0 spiro atoms. The number of nitrogens with zero attached hydrogens (tertiary/aromatic N) is 5. The molecule has 1 aromatic heterocycles. The SMILES string of the molecule is Cc1cc(N(CCOCCOCCOS(=O)(=O)O)CC(O)c2ccccc2)ccc1N=Nc1sc(C#N)c(C)c1C#N. The molecule has 1 heterocycles. The van der Waals surface area contributed by atoms with Crippen LogP contribution in [0.25, 0.3) is 0 Å². The summed E-state index contributed by atoms with van der Waals surface area (Å²) in [7, 11) is -4.49. The third kappa shape index (κ3) is 9.97. The van der Waals surface area contributed by atoms with Gasteiger partial charge in [-0.2, -0.15) is 18.9 Å². The lowest BCUT2D eigenvalue weighted by Gasteiger charge is -2.28. The molecule has 0 bridgehead atoms. The van der Waals surface area contributed by atoms with Crippen molar-refractivity contribution in [1.29, 1.82) is 10.5 Å². The van der Waals surface area contributed by atoms with E-state index in [-0.39, 0.29) is 26.4 Å². The van der Waals surface area contributed by atoms with Crippen molar-refractivity contribution in [3.05, 3.63) is 75.7 Å². The van der Waals surface area contributed by atoms with Crippen molar-refractivity contribution < 1.29 is 31.7 Å². The van der Waals surface area contributed by atoms with Gasteiger partial charge in [0.15, 0.2) is 5.00 Å². The molecule has 0 aliphatic carbocycles. The highest BCUT2D eigenvalue weighted by atomic mass is 32.3. The van der Waals surface area contributed by atoms with E-state index < -0.39 is 16.5 Å². The zero-order chi connectivity index (χ0) is 30.5. The standard InChI is InChI=1S/C28H31N5O7S2/c1-20-16-23(8-9-25(20)31-32-28-24(17-29)21(2)27(18-30)41-28)33(19-26(34)22-6-4-3-5-7-22)10-11-38-12-13-39-14-15-40-42(35,36)37/h3-9,16,26,34H,10-15,19H2,1-2H3,(H,35,36,37). The number of aliphatic hydroxyl groups is 1. The Bertz CT molecular complexity index is 1550. The number of thiophene rings is 1. The number of aliphatic hydroxyl groups excluding tert-OH is 1. The molecular weight excluding hydrogens is 582 g/mol. The Morgan fingerprint density at radius 3 is 2.31 bits per heavy atom. The Kier molecular flexibility index (Phi) is 12.5. The summed E-state index contributed by atoms with van der Waals surface area (Å²) in [5.41, 5.74) is 3.97. The molecule has 1 unspecified atom stereocenters. The number of aryl methyl sites for hydroxylation is 1. The van der Waals surface area contributed by atoms with Crippen molar-refractivity contribution in [2.24, 2.45) is 10.2 Å². The van der Waals surface area contributed by atoms with E-state index in [1.54, 1.807) is 13.0 Å². The topological polar surface area (TPSA) is 178 Å². The van der Waals surface area contributed by atoms with E-state index in [1.807, 2.05) is 54.3 Å². The quantitative estimate of drug-likeness (QED) is 0.128. The highest BCUT2D eigenvalue weighted by Gasteiger charge is 2.17. The number of hydrogen-bond acceptors (Lipinski definition) is 12. The van der Waals surface area contributed by atoms with Crippen molar-refractivity contribution in [3.8, 4) is 12.1 Å². The molecule has 0 radical (unpaired) electrons. The van der Waals surface area contributed by atoms with Crippen molar-refractivity contribution >= 4 is 38.1 Å². The monoisotopic (exact) mass is 613 g/mol. The third-order valence-corrected chi connectivity index (χ3v) is 7.60. The van der Waals surface area contributed by atoms with Crippen LogP contribution < -0.4 is 4.90 Å². The zero-order valence-electron chi connectivity index (χ0n) is 23.1. The highest BCUT2D eigenvalue weighted by molar-refractivity contribution is 7.80.